The fourth-order valence-electron chi connectivity index (χ4n) is 0.962. The number of aromatic nitrogens is 1. The van der Waals surface area contributed by atoms with E-state index in [1.807, 2.05) is 0 Å². The van der Waals surface area contributed by atoms with E-state index in [1.54, 1.807) is 6.92 Å². The number of rotatable bonds is 4. The number of carbonyl (C=O) groups is 1. The van der Waals surface area contributed by atoms with Crippen LogP contribution in [0.2, 0.25) is 0 Å². The number of nitrogens with two attached hydrogens (primary N) is 1. The lowest BCUT2D eigenvalue weighted by Gasteiger charge is -2.10. The van der Waals surface area contributed by atoms with Gasteiger partial charge in [-0.15, -0.1) is 0 Å². The zero-order valence-corrected chi connectivity index (χ0v) is 8.99. The topological polar surface area (TPSA) is 96.4 Å². The average Bonchev–Trinajstić information content (AvgIpc) is 2.20. The summed E-state index contributed by atoms with van der Waals surface area (Å²) in [6.45, 7) is 1.79. The Labute approximate surface area is 91.3 Å². The fourth-order valence-corrected chi connectivity index (χ4v) is 1.78. The number of pyridine rings is 1. The zero-order chi connectivity index (χ0) is 11.4. The van der Waals surface area contributed by atoms with Gasteiger partial charge in [0.15, 0.2) is 0 Å². The first-order chi connectivity index (χ1) is 7.06. The molecule has 0 aliphatic carbocycles. The molecule has 1 aromatic rings. The number of carboxylic acid groups (broad SMARTS) is 1. The molecule has 4 N–H and O–H groups in total. The van der Waals surface area contributed by atoms with Crippen molar-refractivity contribution in [3.8, 4) is 0 Å². The molecule has 0 radical (unpaired) electrons. The van der Waals surface area contributed by atoms with E-state index in [4.69, 9.17) is 15.9 Å². The average molecular weight is 228 g/mol. The standard InChI is InChI=1S/C9H12N2O3S/c1-5(4-12)15-8-7(10)6(9(13)14)2-3-11-8/h2-3,5,12H,4,10H2,1H3,(H,13,14). The van der Waals surface area contributed by atoms with Crippen molar-refractivity contribution in [1.82, 2.24) is 4.98 Å². The molecule has 0 saturated heterocycles. The maximum absolute atomic E-state index is 10.8. The molecule has 1 heterocycles. The Morgan fingerprint density at radius 1 is 1.73 bits per heavy atom. The molecule has 0 spiro atoms. The Morgan fingerprint density at radius 3 is 2.93 bits per heavy atom. The van der Waals surface area contributed by atoms with Crippen molar-refractivity contribution in [3.63, 3.8) is 0 Å². The Balaban J connectivity index is 2.99. The van der Waals surface area contributed by atoms with Gasteiger partial charge in [0, 0.05) is 11.4 Å². The van der Waals surface area contributed by atoms with Gasteiger partial charge < -0.3 is 15.9 Å². The SMILES string of the molecule is CC(CO)Sc1nccc(C(=O)O)c1N. The van der Waals surface area contributed by atoms with Crippen molar-refractivity contribution in [2.75, 3.05) is 12.3 Å². The molecule has 6 heteroatoms. The van der Waals surface area contributed by atoms with Gasteiger partial charge in [-0.05, 0) is 6.07 Å². The van der Waals surface area contributed by atoms with Crippen LogP contribution in [0.1, 0.15) is 17.3 Å². The Bertz CT molecular complexity index is 370. The van der Waals surface area contributed by atoms with Crippen LogP contribution in [0.15, 0.2) is 17.3 Å². The number of hydrogen-bond donors (Lipinski definition) is 3. The summed E-state index contributed by atoms with van der Waals surface area (Å²) in [6.07, 6.45) is 1.40. The highest BCUT2D eigenvalue weighted by Gasteiger charge is 2.14. The van der Waals surface area contributed by atoms with Gasteiger partial charge in [0.2, 0.25) is 0 Å². The van der Waals surface area contributed by atoms with E-state index < -0.39 is 5.97 Å². The number of aliphatic hydroxyl groups excluding tert-OH is 1. The van der Waals surface area contributed by atoms with Crippen molar-refractivity contribution in [3.05, 3.63) is 17.8 Å². The molecule has 1 rings (SSSR count). The molecule has 0 saturated carbocycles. The normalized spacial score (nSPS) is 12.4. The predicted octanol–water partition coefficient (Wildman–Crippen LogP) is 0.835. The summed E-state index contributed by atoms with van der Waals surface area (Å²) < 4.78 is 0. The Morgan fingerprint density at radius 2 is 2.40 bits per heavy atom. The van der Waals surface area contributed by atoms with Gasteiger partial charge in [0.05, 0.1) is 17.9 Å². The largest absolute Gasteiger partial charge is 0.478 e. The molecule has 0 fully saturated rings. The van der Waals surface area contributed by atoms with Crippen LogP contribution >= 0.6 is 11.8 Å². The molecule has 1 unspecified atom stereocenters. The third kappa shape index (κ3) is 2.84. The smallest absolute Gasteiger partial charge is 0.337 e. The van der Waals surface area contributed by atoms with E-state index in [0.717, 1.165) is 0 Å². The molecule has 1 aromatic heterocycles. The third-order valence-electron chi connectivity index (χ3n) is 1.75. The van der Waals surface area contributed by atoms with Crippen LogP contribution in [0, 0.1) is 0 Å². The first-order valence-corrected chi connectivity index (χ1v) is 5.19. The summed E-state index contributed by atoms with van der Waals surface area (Å²) in [5, 5.41) is 18.0. The van der Waals surface area contributed by atoms with Crippen LogP contribution in [-0.2, 0) is 0 Å². The summed E-state index contributed by atoms with van der Waals surface area (Å²) >= 11 is 1.25. The van der Waals surface area contributed by atoms with Crippen LogP contribution in [0.4, 0.5) is 5.69 Å². The summed E-state index contributed by atoms with van der Waals surface area (Å²) in [5.41, 5.74) is 5.83. The number of anilines is 1. The van der Waals surface area contributed by atoms with Crippen LogP contribution in [-0.4, -0.2) is 33.0 Å². The maximum atomic E-state index is 10.8. The minimum Gasteiger partial charge on any atom is -0.478 e. The summed E-state index contributed by atoms with van der Waals surface area (Å²) in [4.78, 5) is 14.7. The van der Waals surface area contributed by atoms with Gasteiger partial charge in [-0.2, -0.15) is 0 Å². The number of carboxylic acids is 1. The summed E-state index contributed by atoms with van der Waals surface area (Å²) in [6, 6.07) is 1.35. The lowest BCUT2D eigenvalue weighted by Crippen LogP contribution is -2.08. The molecule has 0 aliphatic heterocycles. The van der Waals surface area contributed by atoms with E-state index in [0.29, 0.717) is 5.03 Å². The maximum Gasteiger partial charge on any atom is 0.337 e. The number of aromatic carboxylic acids is 1. The minimum absolute atomic E-state index is 0.0108. The van der Waals surface area contributed by atoms with E-state index in [9.17, 15) is 4.79 Å². The van der Waals surface area contributed by atoms with Crippen molar-refractivity contribution in [2.24, 2.45) is 0 Å². The quantitative estimate of drug-likeness (QED) is 0.661. The summed E-state index contributed by atoms with van der Waals surface area (Å²) in [7, 11) is 0. The zero-order valence-electron chi connectivity index (χ0n) is 8.17. The first-order valence-electron chi connectivity index (χ1n) is 4.31. The third-order valence-corrected chi connectivity index (χ3v) is 2.85. The Hall–Kier alpha value is -1.27. The second kappa shape index (κ2) is 4.99. The minimum atomic E-state index is -1.08. The molecule has 0 aromatic carbocycles. The van der Waals surface area contributed by atoms with Crippen LogP contribution in [0.3, 0.4) is 0 Å². The highest BCUT2D eigenvalue weighted by molar-refractivity contribution is 8.00. The van der Waals surface area contributed by atoms with Gasteiger partial charge in [-0.3, -0.25) is 0 Å². The van der Waals surface area contributed by atoms with Crippen LogP contribution < -0.4 is 5.73 Å². The van der Waals surface area contributed by atoms with E-state index in [1.165, 1.54) is 24.0 Å². The monoisotopic (exact) mass is 228 g/mol. The molecular formula is C9H12N2O3S. The second-order valence-corrected chi connectivity index (χ2v) is 4.42. The summed E-state index contributed by atoms with van der Waals surface area (Å²) in [5.74, 6) is -1.08. The second-order valence-electron chi connectivity index (χ2n) is 2.99. The fraction of sp³-hybridized carbons (Fsp3) is 0.333. The lowest BCUT2D eigenvalue weighted by atomic mass is 10.2. The predicted molar refractivity (Wildman–Crippen MR) is 58.0 cm³/mol. The van der Waals surface area contributed by atoms with Crippen LogP contribution in [0.5, 0.6) is 0 Å². The first kappa shape index (κ1) is 11.8. The molecule has 82 valence electrons. The van der Waals surface area contributed by atoms with Gasteiger partial charge in [0.1, 0.15) is 5.03 Å². The van der Waals surface area contributed by atoms with E-state index >= 15 is 0 Å². The van der Waals surface area contributed by atoms with Crippen molar-refractivity contribution in [1.29, 1.82) is 0 Å². The highest BCUT2D eigenvalue weighted by atomic mass is 32.2. The molecular weight excluding hydrogens is 216 g/mol. The number of nitrogens with zero attached hydrogens (tertiary/aromatic N) is 1. The molecule has 5 nitrogen and oxygen atoms in total. The molecule has 15 heavy (non-hydrogen) atoms. The molecule has 0 amide bonds. The Kier molecular flexibility index (Phi) is 3.93. The number of nitrogen functional groups attached to an aromatic ring is 1. The van der Waals surface area contributed by atoms with Crippen LogP contribution in [0.25, 0.3) is 0 Å². The van der Waals surface area contributed by atoms with Crippen molar-refractivity contribution in [2.45, 2.75) is 17.2 Å². The molecule has 0 bridgehead atoms. The van der Waals surface area contributed by atoms with Gasteiger partial charge in [-0.1, -0.05) is 18.7 Å². The van der Waals surface area contributed by atoms with Crippen molar-refractivity contribution >= 4 is 23.4 Å². The van der Waals surface area contributed by atoms with Gasteiger partial charge in [0.25, 0.3) is 0 Å². The molecule has 0 aliphatic rings. The van der Waals surface area contributed by atoms with Gasteiger partial charge >= 0.3 is 5.97 Å². The van der Waals surface area contributed by atoms with E-state index in [-0.39, 0.29) is 23.1 Å². The van der Waals surface area contributed by atoms with Gasteiger partial charge in [-0.25, -0.2) is 9.78 Å². The number of aliphatic hydroxyl groups is 1. The number of hydrogen-bond acceptors (Lipinski definition) is 5. The highest BCUT2D eigenvalue weighted by Crippen LogP contribution is 2.28. The lowest BCUT2D eigenvalue weighted by molar-refractivity contribution is 0.0697. The van der Waals surface area contributed by atoms with E-state index in [2.05, 4.69) is 4.98 Å². The van der Waals surface area contributed by atoms with Crippen molar-refractivity contribution < 1.29 is 15.0 Å². The molecule has 1 atom stereocenters. The number of thioether (sulfide) groups is 1.